The van der Waals surface area contributed by atoms with Gasteiger partial charge in [0.15, 0.2) is 17.5 Å². The van der Waals surface area contributed by atoms with Crippen molar-refractivity contribution in [1.82, 2.24) is 15.0 Å². The van der Waals surface area contributed by atoms with Crippen molar-refractivity contribution in [3.63, 3.8) is 0 Å². The molecular formula is C45H30N4O. The Morgan fingerprint density at radius 2 is 1.06 bits per heavy atom. The Morgan fingerprint density at radius 3 is 1.72 bits per heavy atom. The molecule has 0 saturated heterocycles. The summed E-state index contributed by atoms with van der Waals surface area (Å²) >= 11 is 0. The summed E-state index contributed by atoms with van der Waals surface area (Å²) in [5, 5.41) is 1.16. The summed E-state index contributed by atoms with van der Waals surface area (Å²) in [5.41, 5.74) is 10.9. The van der Waals surface area contributed by atoms with Crippen LogP contribution in [-0.2, 0) is 0 Å². The normalized spacial score (nSPS) is 15.9. The third-order valence-electron chi connectivity index (χ3n) is 9.90. The summed E-state index contributed by atoms with van der Waals surface area (Å²) in [5.74, 6) is 3.02. The Bertz CT molecular complexity index is 2480. The van der Waals surface area contributed by atoms with E-state index in [2.05, 4.69) is 114 Å². The highest BCUT2D eigenvalue weighted by molar-refractivity contribution is 5.98. The first-order valence-corrected chi connectivity index (χ1v) is 16.9. The fraction of sp³-hybridized carbons (Fsp3) is 0.0444. The Balaban J connectivity index is 1.05. The molecule has 2 aliphatic rings. The zero-order valence-corrected chi connectivity index (χ0v) is 27.0. The number of benzene rings is 6. The summed E-state index contributed by atoms with van der Waals surface area (Å²) in [4.78, 5) is 17.2. The summed E-state index contributed by atoms with van der Waals surface area (Å²) < 4.78 is 6.75. The number of fused-ring (bicyclic) bond motifs is 7. The van der Waals surface area contributed by atoms with Gasteiger partial charge in [-0.1, -0.05) is 146 Å². The van der Waals surface area contributed by atoms with Crippen molar-refractivity contribution in [3.05, 3.63) is 181 Å². The van der Waals surface area contributed by atoms with Crippen molar-refractivity contribution in [3.8, 4) is 45.3 Å². The Kier molecular flexibility index (Phi) is 6.56. The van der Waals surface area contributed by atoms with Gasteiger partial charge in [-0.2, -0.15) is 0 Å². The fourth-order valence-electron chi connectivity index (χ4n) is 7.64. The van der Waals surface area contributed by atoms with E-state index in [4.69, 9.17) is 19.4 Å². The van der Waals surface area contributed by atoms with Gasteiger partial charge in [-0.15, -0.1) is 0 Å². The van der Waals surface area contributed by atoms with Gasteiger partial charge in [-0.3, -0.25) is 0 Å². The molecule has 5 nitrogen and oxygen atoms in total. The van der Waals surface area contributed by atoms with Gasteiger partial charge in [0.2, 0.25) is 0 Å². The molecule has 236 valence electrons. The van der Waals surface area contributed by atoms with Gasteiger partial charge >= 0.3 is 0 Å². The summed E-state index contributed by atoms with van der Waals surface area (Å²) in [6, 6.07) is 54.7. The number of nitrogens with zero attached hydrogens (tertiary/aromatic N) is 4. The van der Waals surface area contributed by atoms with Crippen LogP contribution in [0.2, 0.25) is 0 Å². The minimum Gasteiger partial charge on any atom is -0.456 e. The molecule has 0 amide bonds. The molecule has 0 radical (unpaired) electrons. The van der Waals surface area contributed by atoms with Gasteiger partial charge in [0.1, 0.15) is 11.3 Å². The standard InChI is InChI=1S/C45H30N4O/c1-4-13-30(14-5-1)43-46-44(31-15-6-2-7-16-31)48-45(47-43)32-25-23-29(24-26-32)34-20-12-21-36-41-39(50-42(34)36)28-27-38-40(41)35-19-10-11-22-37(35)49(38)33-17-8-3-9-18-33/h1-28,38,40H. The molecule has 0 fully saturated rings. The SMILES string of the molecule is C1=CC2C(c3ccccc3N2c2ccccc2)c2c1oc1c(-c3ccc(-c4nc(-c5ccccc5)nc(-c5ccccc5)n4)cc3)cccc21. The maximum atomic E-state index is 6.75. The van der Waals surface area contributed by atoms with Crippen molar-refractivity contribution in [2.24, 2.45) is 0 Å². The van der Waals surface area contributed by atoms with Crippen LogP contribution < -0.4 is 4.90 Å². The minimum absolute atomic E-state index is 0.159. The van der Waals surface area contributed by atoms with Crippen molar-refractivity contribution < 1.29 is 4.42 Å². The molecule has 0 bridgehead atoms. The van der Waals surface area contributed by atoms with Gasteiger partial charge in [0.05, 0.1) is 6.04 Å². The lowest BCUT2D eigenvalue weighted by atomic mass is 9.82. The fourth-order valence-corrected chi connectivity index (χ4v) is 7.64. The predicted molar refractivity (Wildman–Crippen MR) is 201 cm³/mol. The van der Waals surface area contributed by atoms with Crippen LogP contribution in [0.15, 0.2) is 168 Å². The third-order valence-corrected chi connectivity index (χ3v) is 9.90. The van der Waals surface area contributed by atoms with E-state index < -0.39 is 0 Å². The van der Waals surface area contributed by atoms with Gasteiger partial charge in [0.25, 0.3) is 0 Å². The molecule has 1 aliphatic carbocycles. The summed E-state index contributed by atoms with van der Waals surface area (Å²) in [7, 11) is 0. The van der Waals surface area contributed by atoms with Gasteiger partial charge < -0.3 is 9.32 Å². The van der Waals surface area contributed by atoms with Crippen molar-refractivity contribution in [1.29, 1.82) is 0 Å². The van der Waals surface area contributed by atoms with E-state index in [1.165, 1.54) is 22.5 Å². The van der Waals surface area contributed by atoms with E-state index in [0.29, 0.717) is 17.5 Å². The molecule has 0 spiro atoms. The zero-order chi connectivity index (χ0) is 33.0. The zero-order valence-electron chi connectivity index (χ0n) is 27.0. The van der Waals surface area contributed by atoms with E-state index in [1.807, 2.05) is 60.7 Å². The van der Waals surface area contributed by atoms with Gasteiger partial charge in [-0.25, -0.2) is 15.0 Å². The van der Waals surface area contributed by atoms with Crippen LogP contribution >= 0.6 is 0 Å². The minimum atomic E-state index is 0.159. The first kappa shape index (κ1) is 28.4. The quantitative estimate of drug-likeness (QED) is 0.187. The van der Waals surface area contributed by atoms with Crippen LogP contribution in [0, 0.1) is 0 Å². The number of hydrogen-bond acceptors (Lipinski definition) is 5. The van der Waals surface area contributed by atoms with Gasteiger partial charge in [0, 0.05) is 50.5 Å². The van der Waals surface area contributed by atoms with Crippen LogP contribution in [0.4, 0.5) is 11.4 Å². The highest BCUT2D eigenvalue weighted by Crippen LogP contribution is 2.54. The molecule has 2 aromatic heterocycles. The molecule has 8 aromatic rings. The monoisotopic (exact) mass is 642 g/mol. The Morgan fingerprint density at radius 1 is 0.500 bits per heavy atom. The lowest BCUT2D eigenvalue weighted by Gasteiger charge is -2.30. The second kappa shape index (κ2) is 11.5. The van der Waals surface area contributed by atoms with E-state index in [-0.39, 0.29) is 12.0 Å². The average Bonchev–Trinajstić information content (AvgIpc) is 3.75. The summed E-state index contributed by atoms with van der Waals surface area (Å²) in [6.45, 7) is 0. The number of para-hydroxylation sites is 3. The van der Waals surface area contributed by atoms with E-state index in [1.54, 1.807) is 0 Å². The maximum absolute atomic E-state index is 6.75. The number of anilines is 2. The second-order valence-electron chi connectivity index (χ2n) is 12.8. The first-order valence-electron chi connectivity index (χ1n) is 16.9. The molecule has 3 heterocycles. The lowest BCUT2D eigenvalue weighted by Crippen LogP contribution is -2.30. The van der Waals surface area contributed by atoms with Crippen LogP contribution in [0.1, 0.15) is 22.8 Å². The highest BCUT2D eigenvalue weighted by atomic mass is 16.3. The van der Waals surface area contributed by atoms with E-state index >= 15 is 0 Å². The molecule has 6 aromatic carbocycles. The van der Waals surface area contributed by atoms with Crippen LogP contribution in [0.3, 0.4) is 0 Å². The largest absolute Gasteiger partial charge is 0.456 e. The maximum Gasteiger partial charge on any atom is 0.164 e. The molecule has 1 aliphatic heterocycles. The van der Waals surface area contributed by atoms with E-state index in [0.717, 1.165) is 44.5 Å². The smallest absolute Gasteiger partial charge is 0.164 e. The highest BCUT2D eigenvalue weighted by Gasteiger charge is 2.43. The summed E-state index contributed by atoms with van der Waals surface area (Å²) in [6.07, 6.45) is 4.47. The number of aromatic nitrogens is 3. The Labute approximate surface area is 289 Å². The molecule has 5 heteroatoms. The predicted octanol–water partition coefficient (Wildman–Crippen LogP) is 11.0. The number of hydrogen-bond donors (Lipinski definition) is 0. The third kappa shape index (κ3) is 4.59. The Hall–Kier alpha value is -6.59. The molecule has 2 unspecified atom stereocenters. The number of furan rings is 1. The van der Waals surface area contributed by atoms with Crippen molar-refractivity contribution in [2.45, 2.75) is 12.0 Å². The topological polar surface area (TPSA) is 55.1 Å². The lowest BCUT2D eigenvalue weighted by molar-refractivity contribution is 0.585. The first-order chi connectivity index (χ1) is 24.8. The second-order valence-corrected chi connectivity index (χ2v) is 12.8. The van der Waals surface area contributed by atoms with Crippen molar-refractivity contribution >= 4 is 28.4 Å². The van der Waals surface area contributed by atoms with Crippen LogP contribution in [-0.4, -0.2) is 21.0 Å². The molecule has 0 N–H and O–H groups in total. The van der Waals surface area contributed by atoms with Gasteiger partial charge in [-0.05, 0) is 35.4 Å². The average molecular weight is 643 g/mol. The van der Waals surface area contributed by atoms with E-state index in [9.17, 15) is 0 Å². The van der Waals surface area contributed by atoms with Crippen molar-refractivity contribution in [2.75, 3.05) is 4.90 Å². The number of rotatable bonds is 5. The van der Waals surface area contributed by atoms with Crippen LogP contribution in [0.25, 0.3) is 62.3 Å². The molecule has 0 saturated carbocycles. The molecule has 2 atom stereocenters. The van der Waals surface area contributed by atoms with Crippen LogP contribution in [0.5, 0.6) is 0 Å². The molecule has 10 rings (SSSR count). The molecular weight excluding hydrogens is 613 g/mol. The molecule has 50 heavy (non-hydrogen) atoms.